The minimum Gasteiger partial charge on any atom is -0.484 e. The van der Waals surface area contributed by atoms with Crippen LogP contribution in [-0.2, 0) is 10.2 Å². The molecule has 0 bridgehead atoms. The molecule has 0 aromatic heterocycles. The van der Waals surface area contributed by atoms with E-state index in [-0.39, 0.29) is 17.9 Å². The summed E-state index contributed by atoms with van der Waals surface area (Å²) in [4.78, 5) is 11.9. The molecule has 0 aliphatic carbocycles. The minimum atomic E-state index is -0.335. The molecule has 0 atom stereocenters. The third-order valence-electron chi connectivity index (χ3n) is 3.87. The molecule has 2 aromatic rings. The van der Waals surface area contributed by atoms with E-state index < -0.39 is 0 Å². The summed E-state index contributed by atoms with van der Waals surface area (Å²) in [7, 11) is 0. The van der Waals surface area contributed by atoms with Crippen molar-refractivity contribution in [1.82, 2.24) is 5.43 Å². The van der Waals surface area contributed by atoms with E-state index in [4.69, 9.17) is 10.00 Å². The molecule has 0 unspecified atom stereocenters. The summed E-state index contributed by atoms with van der Waals surface area (Å²) in [5, 5.41) is 12.9. The molecular weight excluding hydrogens is 326 g/mol. The minimum absolute atomic E-state index is 0.0770. The fraction of sp³-hybridized carbons (Fsp3) is 0.286. The van der Waals surface area contributed by atoms with Crippen LogP contribution < -0.4 is 10.2 Å². The van der Waals surface area contributed by atoms with Crippen LogP contribution in [0.5, 0.6) is 5.75 Å². The van der Waals surface area contributed by atoms with E-state index in [2.05, 4.69) is 37.4 Å². The van der Waals surface area contributed by atoms with Gasteiger partial charge in [0.1, 0.15) is 5.75 Å². The van der Waals surface area contributed by atoms with Crippen LogP contribution in [0.15, 0.2) is 53.6 Å². The van der Waals surface area contributed by atoms with Gasteiger partial charge in [-0.15, -0.1) is 0 Å². The summed E-state index contributed by atoms with van der Waals surface area (Å²) in [6.45, 7) is 8.10. The Balaban J connectivity index is 1.87. The second kappa shape index (κ2) is 8.30. The zero-order valence-corrected chi connectivity index (χ0v) is 15.5. The summed E-state index contributed by atoms with van der Waals surface area (Å²) in [6.07, 6.45) is 0. The van der Waals surface area contributed by atoms with E-state index in [0.29, 0.717) is 17.0 Å². The smallest absolute Gasteiger partial charge is 0.277 e. The summed E-state index contributed by atoms with van der Waals surface area (Å²) in [5.41, 5.74) is 5.82. The lowest BCUT2D eigenvalue weighted by atomic mass is 9.87. The van der Waals surface area contributed by atoms with Gasteiger partial charge >= 0.3 is 0 Å². The van der Waals surface area contributed by atoms with Gasteiger partial charge in [-0.1, -0.05) is 45.0 Å². The lowest BCUT2D eigenvalue weighted by Gasteiger charge is -2.19. The number of benzene rings is 2. The molecule has 0 aliphatic rings. The lowest BCUT2D eigenvalue weighted by molar-refractivity contribution is -0.123. The number of rotatable bonds is 5. The van der Waals surface area contributed by atoms with E-state index in [1.807, 2.05) is 24.3 Å². The Morgan fingerprint density at radius 1 is 1.12 bits per heavy atom. The second-order valence-corrected chi connectivity index (χ2v) is 6.98. The van der Waals surface area contributed by atoms with Gasteiger partial charge in [0.25, 0.3) is 5.91 Å². The van der Waals surface area contributed by atoms with Crippen LogP contribution in [0.3, 0.4) is 0 Å². The number of ether oxygens (including phenoxy) is 1. The van der Waals surface area contributed by atoms with Gasteiger partial charge in [0.15, 0.2) is 6.61 Å². The average Bonchev–Trinajstić information content (AvgIpc) is 2.64. The standard InChI is InChI=1S/C21H23N3O2/c1-15(17-7-5-16(13-22)6-8-17)23-24-20(25)14-26-19-11-9-18(10-12-19)21(2,3)4/h5-12H,14H2,1-4H3,(H,24,25)/b23-15+. The van der Waals surface area contributed by atoms with Crippen molar-refractivity contribution in [2.75, 3.05) is 6.61 Å². The lowest BCUT2D eigenvalue weighted by Crippen LogP contribution is -2.25. The first-order valence-corrected chi connectivity index (χ1v) is 8.36. The molecular formula is C21H23N3O2. The number of hydrogen-bond donors (Lipinski definition) is 1. The van der Waals surface area contributed by atoms with Gasteiger partial charge < -0.3 is 4.74 Å². The van der Waals surface area contributed by atoms with E-state index in [9.17, 15) is 4.79 Å². The van der Waals surface area contributed by atoms with Crippen LogP contribution in [0.1, 0.15) is 44.4 Å². The van der Waals surface area contributed by atoms with Gasteiger partial charge in [0.2, 0.25) is 0 Å². The van der Waals surface area contributed by atoms with Crippen LogP contribution in [0.4, 0.5) is 0 Å². The van der Waals surface area contributed by atoms with Crippen molar-refractivity contribution in [2.24, 2.45) is 5.10 Å². The number of nitrogens with one attached hydrogen (secondary N) is 1. The highest BCUT2D eigenvalue weighted by Crippen LogP contribution is 2.24. The summed E-state index contributed by atoms with van der Waals surface area (Å²) < 4.78 is 5.49. The zero-order chi connectivity index (χ0) is 19.2. The van der Waals surface area contributed by atoms with Crippen molar-refractivity contribution in [1.29, 1.82) is 5.26 Å². The third kappa shape index (κ3) is 5.45. The summed E-state index contributed by atoms with van der Waals surface area (Å²) in [6, 6.07) is 16.8. The molecule has 0 heterocycles. The van der Waals surface area contributed by atoms with E-state index in [0.717, 1.165) is 5.56 Å². The Morgan fingerprint density at radius 2 is 1.73 bits per heavy atom. The molecule has 0 saturated heterocycles. The molecule has 5 nitrogen and oxygen atoms in total. The topological polar surface area (TPSA) is 74.5 Å². The Labute approximate surface area is 154 Å². The number of hydrogen-bond acceptors (Lipinski definition) is 4. The van der Waals surface area contributed by atoms with Gasteiger partial charge in [0.05, 0.1) is 17.3 Å². The maximum absolute atomic E-state index is 11.9. The monoisotopic (exact) mass is 349 g/mol. The van der Waals surface area contributed by atoms with Gasteiger partial charge in [0, 0.05) is 0 Å². The maximum atomic E-state index is 11.9. The summed E-state index contributed by atoms with van der Waals surface area (Å²) >= 11 is 0. The normalized spacial score (nSPS) is 11.6. The molecule has 1 amide bonds. The zero-order valence-electron chi connectivity index (χ0n) is 15.5. The highest BCUT2D eigenvalue weighted by atomic mass is 16.5. The molecule has 0 saturated carbocycles. The number of carbonyl (C=O) groups is 1. The van der Waals surface area contributed by atoms with Crippen LogP contribution in [0, 0.1) is 11.3 Å². The van der Waals surface area contributed by atoms with Crippen molar-refractivity contribution in [3.8, 4) is 11.8 Å². The Morgan fingerprint density at radius 3 is 2.27 bits per heavy atom. The van der Waals surface area contributed by atoms with Crippen LogP contribution >= 0.6 is 0 Å². The van der Waals surface area contributed by atoms with Crippen molar-refractivity contribution >= 4 is 11.6 Å². The fourth-order valence-corrected chi connectivity index (χ4v) is 2.23. The molecule has 1 N–H and O–H groups in total. The Kier molecular flexibility index (Phi) is 6.13. The predicted octanol–water partition coefficient (Wildman–Crippen LogP) is 3.77. The number of carbonyl (C=O) groups excluding carboxylic acids is 1. The van der Waals surface area contributed by atoms with Crippen LogP contribution in [-0.4, -0.2) is 18.2 Å². The molecule has 0 radical (unpaired) electrons. The van der Waals surface area contributed by atoms with Gasteiger partial charge in [-0.2, -0.15) is 10.4 Å². The molecule has 5 heteroatoms. The Bertz CT molecular complexity index is 824. The van der Waals surface area contributed by atoms with Crippen molar-refractivity contribution in [3.05, 3.63) is 65.2 Å². The second-order valence-electron chi connectivity index (χ2n) is 6.98. The van der Waals surface area contributed by atoms with Crippen molar-refractivity contribution < 1.29 is 9.53 Å². The molecule has 2 aromatic carbocycles. The predicted molar refractivity (Wildman–Crippen MR) is 102 cm³/mol. The first-order valence-electron chi connectivity index (χ1n) is 8.36. The molecule has 0 spiro atoms. The molecule has 2 rings (SSSR count). The quantitative estimate of drug-likeness (QED) is 0.659. The van der Waals surface area contributed by atoms with E-state index >= 15 is 0 Å². The first kappa shape index (κ1) is 19.2. The molecule has 0 aliphatic heterocycles. The number of hydrazone groups is 1. The number of nitrogens with zero attached hydrogens (tertiary/aromatic N) is 2. The first-order chi connectivity index (χ1) is 12.3. The summed E-state index contributed by atoms with van der Waals surface area (Å²) in [5.74, 6) is 0.304. The van der Waals surface area contributed by atoms with Gasteiger partial charge in [-0.3, -0.25) is 4.79 Å². The fourth-order valence-electron chi connectivity index (χ4n) is 2.23. The highest BCUT2D eigenvalue weighted by molar-refractivity contribution is 5.99. The SMILES string of the molecule is C/C(=N\NC(=O)COc1ccc(C(C)(C)C)cc1)c1ccc(C#N)cc1. The van der Waals surface area contributed by atoms with Crippen LogP contribution in [0.25, 0.3) is 0 Å². The van der Waals surface area contributed by atoms with Crippen molar-refractivity contribution in [3.63, 3.8) is 0 Å². The molecule has 134 valence electrons. The van der Waals surface area contributed by atoms with Gasteiger partial charge in [-0.05, 0) is 47.7 Å². The van der Waals surface area contributed by atoms with Crippen LogP contribution in [0.2, 0.25) is 0 Å². The highest BCUT2D eigenvalue weighted by Gasteiger charge is 2.13. The number of amides is 1. The Hall–Kier alpha value is -3.13. The van der Waals surface area contributed by atoms with Gasteiger partial charge in [-0.25, -0.2) is 5.43 Å². The average molecular weight is 349 g/mol. The largest absolute Gasteiger partial charge is 0.484 e. The molecule has 26 heavy (non-hydrogen) atoms. The van der Waals surface area contributed by atoms with Crippen molar-refractivity contribution in [2.45, 2.75) is 33.1 Å². The number of nitriles is 1. The third-order valence-corrected chi connectivity index (χ3v) is 3.87. The van der Waals surface area contributed by atoms with E-state index in [1.54, 1.807) is 31.2 Å². The maximum Gasteiger partial charge on any atom is 0.277 e. The molecule has 0 fully saturated rings. The van der Waals surface area contributed by atoms with E-state index in [1.165, 1.54) is 5.56 Å².